The first kappa shape index (κ1) is 23.0. The monoisotopic (exact) mass is 470 g/mol. The molecule has 174 valence electrons. The molecule has 1 fully saturated rings. The number of aromatic hydroxyl groups is 1. The Morgan fingerprint density at radius 2 is 1.70 bits per heavy atom. The van der Waals surface area contributed by atoms with Gasteiger partial charge in [0.2, 0.25) is 5.91 Å². The highest BCUT2D eigenvalue weighted by Crippen LogP contribution is 2.35. The molecular formula is C24H26N2O6S. The van der Waals surface area contributed by atoms with Crippen LogP contribution in [0.5, 0.6) is 5.75 Å². The zero-order valence-corrected chi connectivity index (χ0v) is 19.1. The second-order valence-corrected chi connectivity index (χ2v) is 10.8. The van der Waals surface area contributed by atoms with Crippen molar-refractivity contribution in [1.82, 2.24) is 4.90 Å². The van der Waals surface area contributed by atoms with Crippen molar-refractivity contribution in [3.05, 3.63) is 53.6 Å². The number of nitrogens with one attached hydrogen (secondary N) is 1. The quantitative estimate of drug-likeness (QED) is 0.494. The van der Waals surface area contributed by atoms with Gasteiger partial charge in [0.1, 0.15) is 5.75 Å². The first-order valence-corrected chi connectivity index (χ1v) is 12.7. The van der Waals surface area contributed by atoms with E-state index < -0.39 is 15.8 Å². The van der Waals surface area contributed by atoms with Gasteiger partial charge >= 0.3 is 0 Å². The van der Waals surface area contributed by atoms with Crippen LogP contribution in [-0.2, 0) is 14.6 Å². The second kappa shape index (κ2) is 8.97. The Balaban J connectivity index is 1.53. The van der Waals surface area contributed by atoms with Gasteiger partial charge in [-0.05, 0) is 49.1 Å². The molecule has 0 radical (unpaired) electrons. The van der Waals surface area contributed by atoms with Crippen LogP contribution >= 0.6 is 0 Å². The van der Waals surface area contributed by atoms with Crippen LogP contribution in [0.1, 0.15) is 53.3 Å². The van der Waals surface area contributed by atoms with Crippen molar-refractivity contribution in [2.45, 2.75) is 37.5 Å². The van der Waals surface area contributed by atoms with Crippen LogP contribution in [0.15, 0.2) is 47.4 Å². The first-order chi connectivity index (χ1) is 15.7. The number of nitrogens with zero attached hydrogens (tertiary/aromatic N) is 1. The molecule has 2 atom stereocenters. The molecule has 2 unspecified atom stereocenters. The van der Waals surface area contributed by atoms with Crippen molar-refractivity contribution in [2.75, 3.05) is 17.6 Å². The third-order valence-electron chi connectivity index (χ3n) is 6.51. The van der Waals surface area contributed by atoms with Crippen molar-refractivity contribution in [1.29, 1.82) is 0 Å². The third kappa shape index (κ3) is 4.37. The van der Waals surface area contributed by atoms with Crippen molar-refractivity contribution >= 4 is 33.2 Å². The van der Waals surface area contributed by atoms with Gasteiger partial charge in [0.25, 0.3) is 11.8 Å². The summed E-state index contributed by atoms with van der Waals surface area (Å²) >= 11 is 0. The van der Waals surface area contributed by atoms with E-state index in [-0.39, 0.29) is 52.3 Å². The highest BCUT2D eigenvalue weighted by molar-refractivity contribution is 7.91. The van der Waals surface area contributed by atoms with Crippen LogP contribution in [0.3, 0.4) is 0 Å². The van der Waals surface area contributed by atoms with E-state index in [1.54, 1.807) is 24.3 Å². The molecule has 2 aromatic rings. The largest absolute Gasteiger partial charge is 0.506 e. The number of phenolic OH excluding ortho intramolecular Hbond substituents is 1. The van der Waals surface area contributed by atoms with E-state index in [1.165, 1.54) is 30.0 Å². The molecule has 33 heavy (non-hydrogen) atoms. The number of hydrogen-bond acceptors (Lipinski definition) is 6. The average Bonchev–Trinajstić information content (AvgIpc) is 3.05. The number of carbonyl (C=O) groups is 3. The number of carbonyl (C=O) groups excluding carboxylic acids is 3. The zero-order chi connectivity index (χ0) is 23.8. The van der Waals surface area contributed by atoms with Crippen LogP contribution in [0.25, 0.3) is 0 Å². The highest BCUT2D eigenvalue weighted by Gasteiger charge is 2.40. The SMILES string of the molecule is CCS(=O)(=O)c1ccc(O)c(NC(=O)C2CCCCC2CN2C(=O)c3ccccc3C2=O)c1. The fraction of sp³-hybridized carbons (Fsp3) is 0.375. The Morgan fingerprint density at radius 1 is 1.06 bits per heavy atom. The Morgan fingerprint density at radius 3 is 2.33 bits per heavy atom. The summed E-state index contributed by atoms with van der Waals surface area (Å²) in [5.74, 6) is -2.11. The Hall–Kier alpha value is -3.20. The van der Waals surface area contributed by atoms with Crippen molar-refractivity contribution in [3.8, 4) is 5.75 Å². The zero-order valence-electron chi connectivity index (χ0n) is 18.3. The van der Waals surface area contributed by atoms with Gasteiger partial charge in [-0.2, -0.15) is 0 Å². The molecule has 0 spiro atoms. The van der Waals surface area contributed by atoms with Gasteiger partial charge in [-0.15, -0.1) is 0 Å². The fourth-order valence-corrected chi connectivity index (χ4v) is 5.52. The fourth-order valence-electron chi connectivity index (χ4n) is 4.61. The molecule has 2 aliphatic rings. The van der Waals surface area contributed by atoms with E-state index in [0.29, 0.717) is 24.0 Å². The van der Waals surface area contributed by atoms with Crippen LogP contribution < -0.4 is 5.32 Å². The molecular weight excluding hydrogens is 444 g/mol. The molecule has 0 bridgehead atoms. The topological polar surface area (TPSA) is 121 Å². The lowest BCUT2D eigenvalue weighted by molar-refractivity contribution is -0.122. The average molecular weight is 471 g/mol. The lowest BCUT2D eigenvalue weighted by Crippen LogP contribution is -2.41. The molecule has 8 nitrogen and oxygen atoms in total. The number of rotatable bonds is 6. The van der Waals surface area contributed by atoms with E-state index in [2.05, 4.69) is 5.32 Å². The molecule has 1 aliphatic heterocycles. The van der Waals surface area contributed by atoms with Crippen molar-refractivity contribution in [2.24, 2.45) is 11.8 Å². The second-order valence-electron chi connectivity index (χ2n) is 8.49. The number of benzene rings is 2. The smallest absolute Gasteiger partial charge is 0.261 e. The van der Waals surface area contributed by atoms with Gasteiger partial charge in [-0.1, -0.05) is 31.9 Å². The van der Waals surface area contributed by atoms with Crippen LogP contribution in [0.4, 0.5) is 5.69 Å². The molecule has 9 heteroatoms. The number of hydrogen-bond donors (Lipinski definition) is 2. The van der Waals surface area contributed by atoms with Crippen LogP contribution in [0.2, 0.25) is 0 Å². The summed E-state index contributed by atoms with van der Waals surface area (Å²) in [7, 11) is -3.51. The van der Waals surface area contributed by atoms with Gasteiger partial charge < -0.3 is 10.4 Å². The normalized spacial score (nSPS) is 20.6. The van der Waals surface area contributed by atoms with Crippen LogP contribution in [0, 0.1) is 11.8 Å². The number of amides is 3. The Labute approximate surface area is 192 Å². The maximum absolute atomic E-state index is 13.2. The third-order valence-corrected chi connectivity index (χ3v) is 8.24. The standard InChI is InChI=1S/C24H26N2O6S/c1-2-33(31,32)16-11-12-21(27)20(13-16)25-22(28)17-8-4-3-7-15(17)14-26-23(29)18-9-5-6-10-19(18)24(26)30/h5-6,9-13,15,17,27H,2-4,7-8,14H2,1H3,(H,25,28). The molecule has 0 aromatic heterocycles. The van der Waals surface area contributed by atoms with E-state index in [0.717, 1.165) is 12.8 Å². The maximum Gasteiger partial charge on any atom is 0.261 e. The molecule has 1 aliphatic carbocycles. The lowest BCUT2D eigenvalue weighted by Gasteiger charge is -2.32. The summed E-state index contributed by atoms with van der Waals surface area (Å²) in [6.45, 7) is 1.66. The summed E-state index contributed by atoms with van der Waals surface area (Å²) in [4.78, 5) is 39.9. The van der Waals surface area contributed by atoms with Crippen LogP contribution in [-0.4, -0.2) is 48.4 Å². The lowest BCUT2D eigenvalue weighted by atomic mass is 9.78. The maximum atomic E-state index is 13.2. The van der Waals surface area contributed by atoms with E-state index in [4.69, 9.17) is 0 Å². The molecule has 2 N–H and O–H groups in total. The van der Waals surface area contributed by atoms with Gasteiger partial charge in [-0.25, -0.2) is 8.42 Å². The summed E-state index contributed by atoms with van der Waals surface area (Å²) in [5, 5.41) is 12.8. The summed E-state index contributed by atoms with van der Waals surface area (Å²) in [6.07, 6.45) is 2.97. The van der Waals surface area contributed by atoms with Gasteiger partial charge in [0.05, 0.1) is 27.5 Å². The molecule has 1 saturated carbocycles. The Bertz CT molecular complexity index is 1190. The van der Waals surface area contributed by atoms with E-state index in [9.17, 15) is 27.9 Å². The molecule has 2 aromatic carbocycles. The highest BCUT2D eigenvalue weighted by atomic mass is 32.2. The minimum Gasteiger partial charge on any atom is -0.506 e. The number of fused-ring (bicyclic) bond motifs is 1. The van der Waals surface area contributed by atoms with Gasteiger partial charge in [0, 0.05) is 12.5 Å². The number of phenols is 1. The predicted molar refractivity (Wildman–Crippen MR) is 122 cm³/mol. The van der Waals surface area contributed by atoms with Gasteiger partial charge in [-0.3, -0.25) is 19.3 Å². The minimum atomic E-state index is -3.51. The number of anilines is 1. The Kier molecular flexibility index (Phi) is 6.25. The van der Waals surface area contributed by atoms with E-state index in [1.807, 2.05) is 0 Å². The summed E-state index contributed by atoms with van der Waals surface area (Å²) in [6, 6.07) is 10.5. The number of imide groups is 1. The number of sulfone groups is 1. The first-order valence-electron chi connectivity index (χ1n) is 11.0. The minimum absolute atomic E-state index is 0.0179. The predicted octanol–water partition coefficient (Wildman–Crippen LogP) is 3.23. The van der Waals surface area contributed by atoms with Gasteiger partial charge in [0.15, 0.2) is 9.84 Å². The molecule has 3 amide bonds. The summed E-state index contributed by atoms with van der Waals surface area (Å²) < 4.78 is 24.4. The summed E-state index contributed by atoms with van der Waals surface area (Å²) in [5.41, 5.74) is 0.774. The van der Waals surface area contributed by atoms with E-state index >= 15 is 0 Å². The molecule has 4 rings (SSSR count). The molecule has 1 heterocycles. The molecule has 0 saturated heterocycles. The van der Waals surface area contributed by atoms with Crippen molar-refractivity contribution < 1.29 is 27.9 Å². The van der Waals surface area contributed by atoms with Crippen molar-refractivity contribution in [3.63, 3.8) is 0 Å².